The Morgan fingerprint density at radius 3 is 2.57 bits per heavy atom. The molecule has 3 N–H and O–H groups in total. The minimum atomic E-state index is -0.0488. The highest BCUT2D eigenvalue weighted by molar-refractivity contribution is 5.98. The Morgan fingerprint density at radius 1 is 1.24 bits per heavy atom. The van der Waals surface area contributed by atoms with Gasteiger partial charge in [-0.1, -0.05) is 12.1 Å². The molecule has 110 valence electrons. The lowest BCUT2D eigenvalue weighted by Crippen LogP contribution is -2.14. The minimum Gasteiger partial charge on any atom is -0.438 e. The molecule has 1 aromatic carbocycles. The molecule has 5 heteroatoms. The van der Waals surface area contributed by atoms with E-state index in [2.05, 4.69) is 4.98 Å². The second-order valence-corrected chi connectivity index (χ2v) is 4.71. The third-order valence-corrected chi connectivity index (χ3v) is 3.13. The molecule has 0 unspecified atom stereocenters. The molecule has 0 fully saturated rings. The van der Waals surface area contributed by atoms with Gasteiger partial charge >= 0.3 is 0 Å². The highest BCUT2D eigenvalue weighted by atomic mass is 16.5. The van der Waals surface area contributed by atoms with Crippen LogP contribution < -0.4 is 10.5 Å². The van der Waals surface area contributed by atoms with Crippen molar-refractivity contribution in [2.24, 2.45) is 5.73 Å². The summed E-state index contributed by atoms with van der Waals surface area (Å²) in [6, 6.07) is 9.52. The van der Waals surface area contributed by atoms with Gasteiger partial charge in [0.25, 0.3) is 0 Å². The predicted octanol–water partition coefficient (Wildman–Crippen LogP) is 2.66. The Labute approximate surface area is 124 Å². The number of hydrogen-bond donors (Lipinski definition) is 2. The van der Waals surface area contributed by atoms with E-state index in [1.165, 1.54) is 5.56 Å². The van der Waals surface area contributed by atoms with E-state index in [4.69, 9.17) is 20.6 Å². The molecular weight excluding hydrogens is 266 g/mol. The van der Waals surface area contributed by atoms with Gasteiger partial charge in [-0.15, -0.1) is 0 Å². The van der Waals surface area contributed by atoms with Gasteiger partial charge < -0.3 is 15.2 Å². The average Bonchev–Trinajstić information content (AvgIpc) is 2.46. The van der Waals surface area contributed by atoms with Crippen LogP contribution in [0.4, 0.5) is 0 Å². The lowest BCUT2D eigenvalue weighted by molar-refractivity contribution is 0.202. The number of aryl methyl sites for hydroxylation is 1. The molecule has 0 aliphatic heterocycles. The zero-order valence-electron chi connectivity index (χ0n) is 12.2. The van der Waals surface area contributed by atoms with E-state index in [0.717, 1.165) is 12.0 Å². The van der Waals surface area contributed by atoms with Crippen LogP contribution in [-0.4, -0.2) is 24.5 Å². The lowest BCUT2D eigenvalue weighted by Gasteiger charge is -2.11. The summed E-state index contributed by atoms with van der Waals surface area (Å²) in [5.74, 6) is 0.969. The van der Waals surface area contributed by atoms with Gasteiger partial charge in [0.15, 0.2) is 0 Å². The topological polar surface area (TPSA) is 81.2 Å². The normalized spacial score (nSPS) is 10.4. The quantitative estimate of drug-likeness (QED) is 0.631. The summed E-state index contributed by atoms with van der Waals surface area (Å²) >= 11 is 0. The Kier molecular flexibility index (Phi) is 4.90. The molecule has 0 radical (unpaired) electrons. The molecule has 21 heavy (non-hydrogen) atoms. The molecule has 5 nitrogen and oxygen atoms in total. The number of nitrogens with one attached hydrogen (secondary N) is 1. The molecule has 0 bridgehead atoms. The van der Waals surface area contributed by atoms with Crippen molar-refractivity contribution in [3.63, 3.8) is 0 Å². The predicted molar refractivity (Wildman–Crippen MR) is 82.1 cm³/mol. The number of amidine groups is 1. The molecule has 2 aromatic rings. The van der Waals surface area contributed by atoms with E-state index in [-0.39, 0.29) is 5.84 Å². The average molecular weight is 285 g/mol. The fraction of sp³-hybridized carbons (Fsp3) is 0.250. The van der Waals surface area contributed by atoms with E-state index in [9.17, 15) is 0 Å². The van der Waals surface area contributed by atoms with Crippen LogP contribution in [0, 0.1) is 12.3 Å². The van der Waals surface area contributed by atoms with Gasteiger partial charge in [-0.25, -0.2) is 4.98 Å². The van der Waals surface area contributed by atoms with Gasteiger partial charge in [0.05, 0.1) is 12.2 Å². The molecule has 0 spiro atoms. The minimum absolute atomic E-state index is 0.0488. The molecule has 1 heterocycles. The van der Waals surface area contributed by atoms with Crippen LogP contribution in [0.5, 0.6) is 11.6 Å². The first-order valence-corrected chi connectivity index (χ1v) is 6.67. The largest absolute Gasteiger partial charge is 0.438 e. The number of pyridine rings is 1. The number of nitrogens with two attached hydrogens (primary N) is 1. The number of hydrogen-bond acceptors (Lipinski definition) is 4. The van der Waals surface area contributed by atoms with Gasteiger partial charge in [-0.2, -0.15) is 0 Å². The monoisotopic (exact) mass is 285 g/mol. The zero-order valence-corrected chi connectivity index (χ0v) is 12.2. The summed E-state index contributed by atoms with van der Waals surface area (Å²) in [5, 5.41) is 7.64. The van der Waals surface area contributed by atoms with Crippen LogP contribution in [0.15, 0.2) is 36.5 Å². The van der Waals surface area contributed by atoms with Gasteiger partial charge in [-0.05, 0) is 42.7 Å². The zero-order chi connectivity index (χ0) is 15.2. The lowest BCUT2D eigenvalue weighted by atomic mass is 10.1. The first kappa shape index (κ1) is 15.0. The molecule has 0 saturated carbocycles. The van der Waals surface area contributed by atoms with Crippen LogP contribution in [0.1, 0.15) is 16.7 Å². The Morgan fingerprint density at radius 2 is 1.95 bits per heavy atom. The van der Waals surface area contributed by atoms with E-state index < -0.39 is 0 Å². The van der Waals surface area contributed by atoms with Gasteiger partial charge in [-0.3, -0.25) is 5.41 Å². The van der Waals surface area contributed by atoms with E-state index in [1.54, 1.807) is 19.4 Å². The third-order valence-electron chi connectivity index (χ3n) is 3.13. The molecule has 2 rings (SSSR count). The van der Waals surface area contributed by atoms with Crippen molar-refractivity contribution in [2.45, 2.75) is 13.3 Å². The number of aromatic nitrogens is 1. The summed E-state index contributed by atoms with van der Waals surface area (Å²) in [4.78, 5) is 4.17. The van der Waals surface area contributed by atoms with Gasteiger partial charge in [0.1, 0.15) is 11.6 Å². The van der Waals surface area contributed by atoms with Crippen molar-refractivity contribution in [2.75, 3.05) is 13.7 Å². The number of ether oxygens (including phenoxy) is 2. The molecule has 0 aliphatic rings. The number of nitrogens with zero attached hydrogens (tertiary/aromatic N) is 1. The van der Waals surface area contributed by atoms with Gasteiger partial charge in [0.2, 0.25) is 5.88 Å². The van der Waals surface area contributed by atoms with Crippen molar-refractivity contribution < 1.29 is 9.47 Å². The number of rotatable bonds is 6. The summed E-state index contributed by atoms with van der Waals surface area (Å²) in [7, 11) is 1.68. The second kappa shape index (κ2) is 6.85. The van der Waals surface area contributed by atoms with Crippen molar-refractivity contribution in [1.29, 1.82) is 5.41 Å². The summed E-state index contributed by atoms with van der Waals surface area (Å²) in [5.41, 5.74) is 8.17. The maximum absolute atomic E-state index is 7.64. The van der Waals surface area contributed by atoms with Crippen molar-refractivity contribution in [1.82, 2.24) is 4.98 Å². The van der Waals surface area contributed by atoms with Crippen molar-refractivity contribution in [3.8, 4) is 11.6 Å². The fourth-order valence-electron chi connectivity index (χ4n) is 1.99. The van der Waals surface area contributed by atoms with Crippen LogP contribution >= 0.6 is 0 Å². The molecule has 0 amide bonds. The van der Waals surface area contributed by atoms with E-state index in [1.807, 2.05) is 31.2 Å². The first-order chi connectivity index (χ1) is 10.1. The second-order valence-electron chi connectivity index (χ2n) is 4.71. The highest BCUT2D eigenvalue weighted by Crippen LogP contribution is 2.25. The number of methoxy groups -OCH3 is 1. The molecule has 0 aliphatic carbocycles. The highest BCUT2D eigenvalue weighted by Gasteiger charge is 2.12. The van der Waals surface area contributed by atoms with Crippen molar-refractivity contribution in [3.05, 3.63) is 53.2 Å². The third kappa shape index (κ3) is 3.79. The summed E-state index contributed by atoms with van der Waals surface area (Å²) in [6.07, 6.45) is 2.50. The van der Waals surface area contributed by atoms with Crippen LogP contribution in [-0.2, 0) is 11.2 Å². The Bertz CT molecular complexity index is 624. The number of benzene rings is 1. The van der Waals surface area contributed by atoms with E-state index >= 15 is 0 Å². The van der Waals surface area contributed by atoms with Crippen LogP contribution in [0.3, 0.4) is 0 Å². The SMILES string of the molecule is COCCc1ccc(Oc2nccc(C)c2C(=N)N)cc1. The molecule has 1 aromatic heterocycles. The first-order valence-electron chi connectivity index (χ1n) is 6.67. The number of nitrogen functional groups attached to an aromatic ring is 1. The Balaban J connectivity index is 2.19. The van der Waals surface area contributed by atoms with Gasteiger partial charge in [0, 0.05) is 13.3 Å². The molecular formula is C16H19N3O2. The molecule has 0 atom stereocenters. The fourth-order valence-corrected chi connectivity index (χ4v) is 1.99. The van der Waals surface area contributed by atoms with Crippen molar-refractivity contribution >= 4 is 5.84 Å². The Hall–Kier alpha value is -2.40. The van der Waals surface area contributed by atoms with Crippen LogP contribution in [0.2, 0.25) is 0 Å². The van der Waals surface area contributed by atoms with E-state index in [0.29, 0.717) is 23.8 Å². The summed E-state index contributed by atoms with van der Waals surface area (Å²) in [6.45, 7) is 2.56. The maximum atomic E-state index is 7.64. The standard InChI is InChI=1S/C16H19N3O2/c1-11-7-9-19-16(14(11)15(17)18)21-13-5-3-12(4-6-13)8-10-20-2/h3-7,9H,8,10H2,1-2H3,(H3,17,18). The smallest absolute Gasteiger partial charge is 0.230 e. The van der Waals surface area contributed by atoms with Crippen LogP contribution in [0.25, 0.3) is 0 Å². The summed E-state index contributed by atoms with van der Waals surface area (Å²) < 4.78 is 10.8. The maximum Gasteiger partial charge on any atom is 0.230 e. The molecule has 0 saturated heterocycles.